The van der Waals surface area contributed by atoms with Gasteiger partial charge < -0.3 is 10.1 Å². The highest BCUT2D eigenvalue weighted by molar-refractivity contribution is 5.55. The van der Waals surface area contributed by atoms with Crippen LogP contribution in [0, 0.1) is 12.8 Å². The highest BCUT2D eigenvalue weighted by Crippen LogP contribution is 2.18. The molecule has 1 atom stereocenters. The Labute approximate surface area is 91.7 Å². The van der Waals surface area contributed by atoms with Crippen LogP contribution in [0.2, 0.25) is 0 Å². The van der Waals surface area contributed by atoms with Gasteiger partial charge in [-0.3, -0.25) is 0 Å². The van der Waals surface area contributed by atoms with Crippen LogP contribution >= 0.6 is 0 Å². The zero-order chi connectivity index (χ0) is 11.3. The molecule has 0 radical (unpaired) electrons. The number of hydrogen-bond acceptors (Lipinski definition) is 2. The zero-order valence-electron chi connectivity index (χ0n) is 9.71. The van der Waals surface area contributed by atoms with Crippen LogP contribution in [-0.4, -0.2) is 12.8 Å². The van der Waals surface area contributed by atoms with Crippen LogP contribution in [-0.2, 0) is 11.2 Å². The maximum Gasteiger partial charge on any atom is 0.123 e. The number of carbonyl (C=O) groups is 1. The summed E-state index contributed by atoms with van der Waals surface area (Å²) in [5.41, 5.74) is 3.65. The Morgan fingerprint density at radius 1 is 1.47 bits per heavy atom. The molecule has 2 nitrogen and oxygen atoms in total. The quantitative estimate of drug-likeness (QED) is 0.749. The number of carbonyl (C=O) groups excluding carboxylic acids is 1. The fourth-order valence-electron chi connectivity index (χ4n) is 1.66. The lowest BCUT2D eigenvalue weighted by molar-refractivity contribution is -0.110. The molecule has 0 aromatic heterocycles. The molecule has 0 fully saturated rings. The van der Waals surface area contributed by atoms with Crippen molar-refractivity contribution in [2.24, 2.45) is 5.92 Å². The van der Waals surface area contributed by atoms with Gasteiger partial charge in [-0.1, -0.05) is 19.1 Å². The number of aldehydes is 1. The molecule has 0 bridgehead atoms. The lowest BCUT2D eigenvalue weighted by Crippen LogP contribution is -2.03. The summed E-state index contributed by atoms with van der Waals surface area (Å²) in [6.07, 6.45) is 1.84. The molecule has 1 aromatic carbocycles. The second-order valence-electron chi connectivity index (χ2n) is 4.00. The highest BCUT2D eigenvalue weighted by Gasteiger charge is 2.03. The van der Waals surface area contributed by atoms with Gasteiger partial charge in [-0.2, -0.15) is 0 Å². The molecule has 1 rings (SSSR count). The van der Waals surface area contributed by atoms with Crippen LogP contribution in [0.5, 0.6) is 0 Å². The van der Waals surface area contributed by atoms with E-state index in [0.717, 1.165) is 19.3 Å². The minimum absolute atomic E-state index is 0.106. The summed E-state index contributed by atoms with van der Waals surface area (Å²) in [5.74, 6) is 0.106. The SMILES string of the molecule is CCNc1ccc(CC(C)C=O)cc1C. The lowest BCUT2D eigenvalue weighted by atomic mass is 10.00. The van der Waals surface area contributed by atoms with Crippen molar-refractivity contribution in [3.63, 3.8) is 0 Å². The Morgan fingerprint density at radius 2 is 2.20 bits per heavy atom. The molecule has 82 valence electrons. The monoisotopic (exact) mass is 205 g/mol. The number of hydrogen-bond donors (Lipinski definition) is 1. The third-order valence-electron chi connectivity index (χ3n) is 2.45. The maximum absolute atomic E-state index is 10.6. The lowest BCUT2D eigenvalue weighted by Gasteiger charge is -2.10. The van der Waals surface area contributed by atoms with E-state index in [1.807, 2.05) is 6.92 Å². The van der Waals surface area contributed by atoms with E-state index < -0.39 is 0 Å². The molecule has 0 heterocycles. The summed E-state index contributed by atoms with van der Waals surface area (Å²) < 4.78 is 0. The summed E-state index contributed by atoms with van der Waals surface area (Å²) in [7, 11) is 0. The smallest absolute Gasteiger partial charge is 0.123 e. The van der Waals surface area contributed by atoms with E-state index in [1.165, 1.54) is 16.8 Å². The number of rotatable bonds is 5. The molecule has 0 aliphatic heterocycles. The van der Waals surface area contributed by atoms with Crippen molar-refractivity contribution in [2.75, 3.05) is 11.9 Å². The number of benzene rings is 1. The molecule has 0 saturated carbocycles. The van der Waals surface area contributed by atoms with Gasteiger partial charge in [0.25, 0.3) is 0 Å². The molecular weight excluding hydrogens is 186 g/mol. The van der Waals surface area contributed by atoms with Crippen molar-refractivity contribution in [1.82, 2.24) is 0 Å². The van der Waals surface area contributed by atoms with Gasteiger partial charge in [-0.15, -0.1) is 0 Å². The van der Waals surface area contributed by atoms with Gasteiger partial charge in [-0.05, 0) is 37.5 Å². The average Bonchev–Trinajstić information content (AvgIpc) is 2.22. The summed E-state index contributed by atoms with van der Waals surface area (Å²) in [5, 5.41) is 3.30. The fraction of sp³-hybridized carbons (Fsp3) is 0.462. The molecule has 2 heteroatoms. The molecule has 0 spiro atoms. The summed E-state index contributed by atoms with van der Waals surface area (Å²) in [6.45, 7) is 7.06. The first-order chi connectivity index (χ1) is 7.17. The minimum atomic E-state index is 0.106. The van der Waals surface area contributed by atoms with Crippen molar-refractivity contribution >= 4 is 12.0 Å². The van der Waals surface area contributed by atoms with Gasteiger partial charge >= 0.3 is 0 Å². The Balaban J connectivity index is 2.77. The number of aryl methyl sites for hydroxylation is 1. The second-order valence-corrected chi connectivity index (χ2v) is 4.00. The number of nitrogens with one attached hydrogen (secondary N) is 1. The summed E-state index contributed by atoms with van der Waals surface area (Å²) >= 11 is 0. The van der Waals surface area contributed by atoms with Crippen LogP contribution in [0.4, 0.5) is 5.69 Å². The van der Waals surface area contributed by atoms with E-state index >= 15 is 0 Å². The second kappa shape index (κ2) is 5.54. The molecule has 0 amide bonds. The molecule has 0 aliphatic rings. The Bertz CT molecular complexity index is 333. The zero-order valence-corrected chi connectivity index (χ0v) is 9.71. The van der Waals surface area contributed by atoms with E-state index in [-0.39, 0.29) is 5.92 Å². The summed E-state index contributed by atoms with van der Waals surface area (Å²) in [6, 6.07) is 6.33. The molecule has 1 aromatic rings. The van der Waals surface area contributed by atoms with Crippen LogP contribution < -0.4 is 5.32 Å². The largest absolute Gasteiger partial charge is 0.385 e. The highest BCUT2D eigenvalue weighted by atomic mass is 16.1. The van der Waals surface area contributed by atoms with Gasteiger partial charge in [0.2, 0.25) is 0 Å². The van der Waals surface area contributed by atoms with Crippen LogP contribution in [0.3, 0.4) is 0 Å². The van der Waals surface area contributed by atoms with Gasteiger partial charge in [0.05, 0.1) is 0 Å². The topological polar surface area (TPSA) is 29.1 Å². The van der Waals surface area contributed by atoms with E-state index in [2.05, 4.69) is 37.4 Å². The van der Waals surface area contributed by atoms with Gasteiger partial charge in [-0.25, -0.2) is 0 Å². The Hall–Kier alpha value is -1.31. The third kappa shape index (κ3) is 3.39. The molecule has 1 unspecified atom stereocenters. The standard InChI is InChI=1S/C13H19NO/c1-4-14-13-6-5-12(8-11(13)3)7-10(2)9-15/h5-6,8-10,14H,4,7H2,1-3H3. The maximum atomic E-state index is 10.6. The first-order valence-electron chi connectivity index (χ1n) is 5.46. The predicted octanol–water partition coefficient (Wildman–Crippen LogP) is 2.80. The van der Waals surface area contributed by atoms with Crippen molar-refractivity contribution < 1.29 is 4.79 Å². The van der Waals surface area contributed by atoms with E-state index in [4.69, 9.17) is 0 Å². The summed E-state index contributed by atoms with van der Waals surface area (Å²) in [4.78, 5) is 10.6. The molecule has 1 N–H and O–H groups in total. The normalized spacial score (nSPS) is 12.2. The van der Waals surface area contributed by atoms with Crippen molar-refractivity contribution in [1.29, 1.82) is 0 Å². The van der Waals surface area contributed by atoms with Crippen LogP contribution in [0.25, 0.3) is 0 Å². The average molecular weight is 205 g/mol. The predicted molar refractivity (Wildman–Crippen MR) is 64.3 cm³/mol. The van der Waals surface area contributed by atoms with Gasteiger partial charge in [0.1, 0.15) is 6.29 Å². The molecule has 0 saturated heterocycles. The van der Waals surface area contributed by atoms with E-state index in [0.29, 0.717) is 0 Å². The van der Waals surface area contributed by atoms with Gasteiger partial charge in [0, 0.05) is 18.2 Å². The van der Waals surface area contributed by atoms with Crippen molar-refractivity contribution in [2.45, 2.75) is 27.2 Å². The van der Waals surface area contributed by atoms with Gasteiger partial charge in [0.15, 0.2) is 0 Å². The van der Waals surface area contributed by atoms with Crippen LogP contribution in [0.15, 0.2) is 18.2 Å². The van der Waals surface area contributed by atoms with Crippen molar-refractivity contribution in [3.8, 4) is 0 Å². The van der Waals surface area contributed by atoms with E-state index in [9.17, 15) is 4.79 Å². The molecular formula is C13H19NO. The van der Waals surface area contributed by atoms with Crippen molar-refractivity contribution in [3.05, 3.63) is 29.3 Å². The van der Waals surface area contributed by atoms with Crippen LogP contribution in [0.1, 0.15) is 25.0 Å². The Kier molecular flexibility index (Phi) is 4.35. The molecule has 15 heavy (non-hydrogen) atoms. The fourth-order valence-corrected chi connectivity index (χ4v) is 1.66. The number of anilines is 1. The first kappa shape index (κ1) is 11.8. The first-order valence-corrected chi connectivity index (χ1v) is 5.46. The van der Waals surface area contributed by atoms with E-state index in [1.54, 1.807) is 0 Å². The third-order valence-corrected chi connectivity index (χ3v) is 2.45. The minimum Gasteiger partial charge on any atom is -0.385 e. The molecule has 0 aliphatic carbocycles. The Morgan fingerprint density at radius 3 is 2.73 bits per heavy atom.